The Kier molecular flexibility index (Phi) is 6.10. The molecule has 8 heteroatoms. The Bertz CT molecular complexity index is 642. The van der Waals surface area contributed by atoms with Crippen LogP contribution in [0.2, 0.25) is 0 Å². The summed E-state index contributed by atoms with van der Waals surface area (Å²) in [4.78, 5) is 11.3. The number of esters is 1. The molecule has 0 radical (unpaired) electrons. The Balaban J connectivity index is 2.88. The van der Waals surface area contributed by atoms with E-state index in [9.17, 15) is 13.2 Å². The van der Waals surface area contributed by atoms with Gasteiger partial charge in [0.05, 0.1) is 24.5 Å². The van der Waals surface area contributed by atoms with Crippen LogP contribution in [0.25, 0.3) is 0 Å². The Labute approximate surface area is 129 Å². The van der Waals surface area contributed by atoms with Crippen molar-refractivity contribution in [3.63, 3.8) is 0 Å². The normalized spacial score (nSPS) is 11.0. The van der Waals surface area contributed by atoms with Gasteiger partial charge in [0, 0.05) is 5.56 Å². The molecule has 1 rings (SSSR count). The van der Waals surface area contributed by atoms with Crippen molar-refractivity contribution in [2.45, 2.75) is 20.3 Å². The standard InChI is InChI=1S/C13H18N2O4S2/c1-3-19-11(16)7-8-21(17,18)15-10-6-4-5-9(2)12(10)13(14)20/h4-6,15H,3,7-8H2,1-2H3,(H2,14,20). The number of anilines is 1. The molecule has 0 atom stereocenters. The fraction of sp³-hybridized carbons (Fsp3) is 0.385. The quantitative estimate of drug-likeness (QED) is 0.578. The van der Waals surface area contributed by atoms with Crippen molar-refractivity contribution in [1.82, 2.24) is 0 Å². The lowest BCUT2D eigenvalue weighted by Crippen LogP contribution is -2.22. The molecule has 0 unspecified atom stereocenters. The van der Waals surface area contributed by atoms with Crippen LogP contribution in [0.4, 0.5) is 5.69 Å². The third-order valence-corrected chi connectivity index (χ3v) is 4.14. The van der Waals surface area contributed by atoms with Crippen LogP contribution in [0.15, 0.2) is 18.2 Å². The predicted molar refractivity (Wildman–Crippen MR) is 85.7 cm³/mol. The van der Waals surface area contributed by atoms with Gasteiger partial charge in [-0.15, -0.1) is 0 Å². The van der Waals surface area contributed by atoms with Crippen molar-refractivity contribution in [3.05, 3.63) is 29.3 Å². The second kappa shape index (κ2) is 7.37. The molecule has 0 fully saturated rings. The third-order valence-electron chi connectivity index (χ3n) is 2.66. The van der Waals surface area contributed by atoms with E-state index in [4.69, 9.17) is 22.7 Å². The van der Waals surface area contributed by atoms with Gasteiger partial charge in [-0.05, 0) is 25.5 Å². The minimum absolute atomic E-state index is 0.108. The van der Waals surface area contributed by atoms with Gasteiger partial charge in [-0.1, -0.05) is 24.4 Å². The van der Waals surface area contributed by atoms with Crippen LogP contribution in [0.3, 0.4) is 0 Å². The number of thiocarbonyl (C=S) groups is 1. The maximum atomic E-state index is 12.0. The minimum atomic E-state index is -3.69. The van der Waals surface area contributed by atoms with Crippen LogP contribution in [-0.2, 0) is 19.6 Å². The highest BCUT2D eigenvalue weighted by Crippen LogP contribution is 2.20. The topological polar surface area (TPSA) is 98.5 Å². The van der Waals surface area contributed by atoms with Gasteiger partial charge in [-0.3, -0.25) is 9.52 Å². The summed E-state index contributed by atoms with van der Waals surface area (Å²) in [5.74, 6) is -0.919. The number of sulfonamides is 1. The highest BCUT2D eigenvalue weighted by molar-refractivity contribution is 7.92. The molecule has 0 heterocycles. The lowest BCUT2D eigenvalue weighted by atomic mass is 10.1. The van der Waals surface area contributed by atoms with Crippen molar-refractivity contribution in [2.24, 2.45) is 5.73 Å². The number of hydrogen-bond acceptors (Lipinski definition) is 5. The lowest BCUT2D eigenvalue weighted by Gasteiger charge is -2.13. The van der Waals surface area contributed by atoms with Crippen molar-refractivity contribution in [3.8, 4) is 0 Å². The monoisotopic (exact) mass is 330 g/mol. The van der Waals surface area contributed by atoms with Gasteiger partial charge in [0.25, 0.3) is 0 Å². The van der Waals surface area contributed by atoms with Crippen molar-refractivity contribution in [2.75, 3.05) is 17.1 Å². The average Bonchev–Trinajstić information content (AvgIpc) is 2.36. The van der Waals surface area contributed by atoms with E-state index in [1.165, 1.54) is 0 Å². The molecule has 0 aliphatic carbocycles. The zero-order chi connectivity index (χ0) is 16.0. The molecule has 3 N–H and O–H groups in total. The van der Waals surface area contributed by atoms with Crippen LogP contribution in [0, 0.1) is 6.92 Å². The number of carbonyl (C=O) groups is 1. The summed E-state index contributed by atoms with van der Waals surface area (Å²) < 4.78 is 31.1. The molecule has 0 aliphatic heterocycles. The second-order valence-corrected chi connectivity index (χ2v) is 6.62. The smallest absolute Gasteiger partial charge is 0.306 e. The maximum Gasteiger partial charge on any atom is 0.306 e. The van der Waals surface area contributed by atoms with E-state index in [2.05, 4.69) is 4.72 Å². The van der Waals surface area contributed by atoms with Crippen LogP contribution >= 0.6 is 12.2 Å². The van der Waals surface area contributed by atoms with E-state index in [1.807, 2.05) is 0 Å². The fourth-order valence-electron chi connectivity index (χ4n) is 1.75. The van der Waals surface area contributed by atoms with E-state index in [0.29, 0.717) is 11.3 Å². The zero-order valence-electron chi connectivity index (χ0n) is 11.9. The van der Waals surface area contributed by atoms with Crippen molar-refractivity contribution in [1.29, 1.82) is 0 Å². The summed E-state index contributed by atoms with van der Waals surface area (Å²) >= 11 is 4.94. The van der Waals surface area contributed by atoms with Crippen LogP contribution in [-0.4, -0.2) is 31.7 Å². The van der Waals surface area contributed by atoms with Gasteiger partial charge in [0.1, 0.15) is 4.99 Å². The van der Waals surface area contributed by atoms with E-state index in [1.54, 1.807) is 32.0 Å². The minimum Gasteiger partial charge on any atom is -0.466 e. The highest BCUT2D eigenvalue weighted by Gasteiger charge is 2.17. The number of carbonyl (C=O) groups excluding carboxylic acids is 1. The molecule has 0 bridgehead atoms. The van der Waals surface area contributed by atoms with Crippen LogP contribution < -0.4 is 10.5 Å². The summed E-state index contributed by atoms with van der Waals surface area (Å²) in [6.45, 7) is 3.66. The van der Waals surface area contributed by atoms with E-state index >= 15 is 0 Å². The number of nitrogens with one attached hydrogen (secondary N) is 1. The molecule has 21 heavy (non-hydrogen) atoms. The SMILES string of the molecule is CCOC(=O)CCS(=O)(=O)Nc1cccc(C)c1C(N)=S. The Morgan fingerprint density at radius 1 is 1.43 bits per heavy atom. The van der Waals surface area contributed by atoms with E-state index in [-0.39, 0.29) is 23.8 Å². The van der Waals surface area contributed by atoms with Gasteiger partial charge < -0.3 is 10.5 Å². The Morgan fingerprint density at radius 2 is 2.10 bits per heavy atom. The summed E-state index contributed by atoms with van der Waals surface area (Å²) in [6.07, 6.45) is -0.211. The van der Waals surface area contributed by atoms with E-state index in [0.717, 1.165) is 5.56 Å². The van der Waals surface area contributed by atoms with Crippen molar-refractivity contribution < 1.29 is 17.9 Å². The molecule has 0 aromatic heterocycles. The van der Waals surface area contributed by atoms with Gasteiger partial charge >= 0.3 is 5.97 Å². The van der Waals surface area contributed by atoms with Crippen molar-refractivity contribution >= 4 is 38.9 Å². The number of nitrogens with two attached hydrogens (primary N) is 1. The molecule has 0 aliphatic rings. The number of aryl methyl sites for hydroxylation is 1. The largest absolute Gasteiger partial charge is 0.466 e. The number of ether oxygens (including phenoxy) is 1. The highest BCUT2D eigenvalue weighted by atomic mass is 32.2. The van der Waals surface area contributed by atoms with Gasteiger partial charge in [-0.25, -0.2) is 8.42 Å². The molecule has 0 amide bonds. The fourth-order valence-corrected chi connectivity index (χ4v) is 3.06. The molecule has 1 aromatic carbocycles. The average molecular weight is 330 g/mol. The molecule has 0 saturated heterocycles. The lowest BCUT2D eigenvalue weighted by molar-refractivity contribution is -0.142. The van der Waals surface area contributed by atoms with Crippen LogP contribution in [0.1, 0.15) is 24.5 Å². The first-order valence-electron chi connectivity index (χ1n) is 6.32. The van der Waals surface area contributed by atoms with Gasteiger partial charge in [-0.2, -0.15) is 0 Å². The summed E-state index contributed by atoms with van der Waals surface area (Å²) in [5, 5.41) is 0. The number of benzene rings is 1. The first-order chi connectivity index (χ1) is 9.76. The summed E-state index contributed by atoms with van der Waals surface area (Å²) in [5.41, 5.74) is 7.18. The summed E-state index contributed by atoms with van der Waals surface area (Å²) in [6, 6.07) is 5.05. The number of rotatable bonds is 7. The van der Waals surface area contributed by atoms with E-state index < -0.39 is 16.0 Å². The third kappa shape index (κ3) is 5.31. The number of hydrogen-bond donors (Lipinski definition) is 2. The second-order valence-electron chi connectivity index (χ2n) is 4.34. The summed E-state index contributed by atoms with van der Waals surface area (Å²) in [7, 11) is -3.69. The van der Waals surface area contributed by atoms with Gasteiger partial charge in [0.2, 0.25) is 10.0 Å². The maximum absolute atomic E-state index is 12.0. The molecular formula is C13H18N2O4S2. The zero-order valence-corrected chi connectivity index (χ0v) is 13.5. The Morgan fingerprint density at radius 3 is 2.67 bits per heavy atom. The molecule has 0 saturated carbocycles. The molecule has 1 aromatic rings. The molecular weight excluding hydrogens is 312 g/mol. The van der Waals surface area contributed by atoms with Gasteiger partial charge in [0.15, 0.2) is 0 Å². The Hall–Kier alpha value is -1.67. The van der Waals surface area contributed by atoms with Crippen LogP contribution in [0.5, 0.6) is 0 Å². The predicted octanol–water partition coefficient (Wildman–Crippen LogP) is 1.32. The molecule has 116 valence electrons. The molecule has 0 spiro atoms. The first-order valence-corrected chi connectivity index (χ1v) is 8.38. The molecule has 6 nitrogen and oxygen atoms in total. The first kappa shape index (κ1) is 17.4.